The highest BCUT2D eigenvalue weighted by Gasteiger charge is 2.09. The van der Waals surface area contributed by atoms with E-state index in [2.05, 4.69) is 30.0 Å². The highest BCUT2D eigenvalue weighted by molar-refractivity contribution is 7.77. The van der Waals surface area contributed by atoms with Gasteiger partial charge in [-0.3, -0.25) is 9.27 Å². The number of hydrogen-bond donors (Lipinski definition) is 3. The number of imidazole rings is 1. The summed E-state index contributed by atoms with van der Waals surface area (Å²) in [5, 5.41) is 3.30. The first-order chi connectivity index (χ1) is 17.0. The summed E-state index contributed by atoms with van der Waals surface area (Å²) in [5.74, 6) is 1.99. The molecule has 0 aliphatic heterocycles. The van der Waals surface area contributed by atoms with Gasteiger partial charge < -0.3 is 14.6 Å². The predicted octanol–water partition coefficient (Wildman–Crippen LogP) is 4.45. The van der Waals surface area contributed by atoms with Crippen molar-refractivity contribution in [3.05, 3.63) is 78.6 Å². The van der Waals surface area contributed by atoms with Gasteiger partial charge in [0, 0.05) is 25.0 Å². The third-order valence-electron chi connectivity index (χ3n) is 5.29. The van der Waals surface area contributed by atoms with Crippen LogP contribution in [-0.4, -0.2) is 33.3 Å². The van der Waals surface area contributed by atoms with Crippen molar-refractivity contribution in [3.8, 4) is 11.5 Å². The Balaban J connectivity index is 1.37. The van der Waals surface area contributed by atoms with Crippen molar-refractivity contribution < 1.29 is 13.5 Å². The van der Waals surface area contributed by atoms with Gasteiger partial charge >= 0.3 is 0 Å². The first-order valence-electron chi connectivity index (χ1n) is 10.6. The van der Waals surface area contributed by atoms with E-state index in [0.29, 0.717) is 28.3 Å². The molecule has 35 heavy (non-hydrogen) atoms. The lowest BCUT2D eigenvalue weighted by Gasteiger charge is -2.12. The van der Waals surface area contributed by atoms with Gasteiger partial charge in [0.05, 0.1) is 28.6 Å². The van der Waals surface area contributed by atoms with Crippen molar-refractivity contribution >= 4 is 50.9 Å². The highest BCUT2D eigenvalue weighted by Crippen LogP contribution is 2.30. The Morgan fingerprint density at radius 3 is 2.77 bits per heavy atom. The van der Waals surface area contributed by atoms with Crippen molar-refractivity contribution in [2.45, 2.75) is 6.92 Å². The summed E-state index contributed by atoms with van der Waals surface area (Å²) < 4.78 is 29.9. The maximum Gasteiger partial charge on any atom is 0.258 e. The second kappa shape index (κ2) is 9.49. The van der Waals surface area contributed by atoms with Crippen molar-refractivity contribution in [2.75, 3.05) is 5.32 Å². The number of hydrogen-bond acceptors (Lipinski definition) is 7. The molecule has 3 aromatic heterocycles. The van der Waals surface area contributed by atoms with E-state index in [1.165, 1.54) is 12.5 Å². The number of aromatic nitrogens is 5. The summed E-state index contributed by atoms with van der Waals surface area (Å²) in [6, 6.07) is 15.2. The molecule has 1 unspecified atom stereocenters. The molecule has 5 rings (SSSR count). The molecule has 3 heterocycles. The Bertz CT molecular complexity index is 1600. The standard InChI is InChI=1S/C24H21N7O3S/c1-15-11-17(4-8-22(15)34-18-5-7-21-20(12-18)27-14-31(21)2)30-24-23-19(25-13-26-24)6-3-16(29-23)9-10-28-35(32)33/h3-14,28H,1-2H3,(H,32,33)(H,25,26,30). The average Bonchev–Trinajstić information content (AvgIpc) is 3.21. The first kappa shape index (κ1) is 22.4. The molecule has 10 nitrogen and oxygen atoms in total. The van der Waals surface area contributed by atoms with Crippen molar-refractivity contribution in [1.82, 2.24) is 29.2 Å². The number of ether oxygens (including phenoxy) is 1. The lowest BCUT2D eigenvalue weighted by Crippen LogP contribution is -2.06. The number of nitrogens with one attached hydrogen (secondary N) is 2. The number of fused-ring (bicyclic) bond motifs is 2. The monoisotopic (exact) mass is 487 g/mol. The van der Waals surface area contributed by atoms with Gasteiger partial charge in [-0.25, -0.2) is 24.1 Å². The maximum absolute atomic E-state index is 10.8. The molecule has 0 aliphatic carbocycles. The number of anilines is 2. The van der Waals surface area contributed by atoms with Crippen LogP contribution in [0.2, 0.25) is 0 Å². The molecule has 0 aliphatic rings. The molecule has 5 aromatic rings. The largest absolute Gasteiger partial charge is 0.457 e. The maximum atomic E-state index is 10.8. The summed E-state index contributed by atoms with van der Waals surface area (Å²) in [6.07, 6.45) is 6.19. The van der Waals surface area contributed by atoms with Gasteiger partial charge in [0.2, 0.25) is 0 Å². The lowest BCUT2D eigenvalue weighted by molar-refractivity contribution is 0.479. The van der Waals surface area contributed by atoms with Crippen molar-refractivity contribution in [1.29, 1.82) is 0 Å². The van der Waals surface area contributed by atoms with E-state index < -0.39 is 11.3 Å². The molecule has 176 valence electrons. The second-order valence-electron chi connectivity index (χ2n) is 7.74. The van der Waals surface area contributed by atoms with Crippen LogP contribution in [0.5, 0.6) is 11.5 Å². The molecule has 0 fully saturated rings. The molecule has 0 bridgehead atoms. The number of aryl methyl sites for hydroxylation is 2. The number of benzene rings is 2. The smallest absolute Gasteiger partial charge is 0.258 e. The van der Waals surface area contributed by atoms with E-state index in [1.807, 2.05) is 61.0 Å². The van der Waals surface area contributed by atoms with Crippen LogP contribution >= 0.6 is 0 Å². The zero-order valence-corrected chi connectivity index (χ0v) is 19.7. The highest BCUT2D eigenvalue weighted by atomic mass is 32.2. The van der Waals surface area contributed by atoms with Gasteiger partial charge in [-0.05, 0) is 61.0 Å². The molecule has 0 saturated heterocycles. The van der Waals surface area contributed by atoms with Crippen molar-refractivity contribution in [3.63, 3.8) is 0 Å². The molecule has 0 radical (unpaired) electrons. The van der Waals surface area contributed by atoms with Crippen LogP contribution in [0.25, 0.3) is 28.1 Å². The van der Waals surface area contributed by atoms with Crippen LogP contribution in [0, 0.1) is 6.92 Å². The predicted molar refractivity (Wildman–Crippen MR) is 136 cm³/mol. The SMILES string of the molecule is Cc1cc(Nc2ncnc3ccc(C=CNS(=O)O)nc23)ccc1Oc1ccc2c(c1)ncn2C. The Kier molecular flexibility index (Phi) is 6.08. The van der Waals surface area contributed by atoms with Crippen molar-refractivity contribution in [2.24, 2.45) is 7.05 Å². The quantitative estimate of drug-likeness (QED) is 0.287. The zero-order chi connectivity index (χ0) is 24.4. The van der Waals surface area contributed by atoms with Crippen LogP contribution < -0.4 is 14.8 Å². The molecule has 0 spiro atoms. The molecule has 0 saturated carbocycles. The Hall–Kier alpha value is -4.35. The summed E-state index contributed by atoms with van der Waals surface area (Å²) in [4.78, 5) is 17.6. The van der Waals surface area contributed by atoms with E-state index in [4.69, 9.17) is 9.29 Å². The molecular formula is C24H21N7O3S. The normalized spacial score (nSPS) is 12.3. The Labute approximate surface area is 203 Å². The lowest BCUT2D eigenvalue weighted by atomic mass is 10.2. The fourth-order valence-electron chi connectivity index (χ4n) is 3.60. The van der Waals surface area contributed by atoms with Crippen LogP contribution in [0.3, 0.4) is 0 Å². The summed E-state index contributed by atoms with van der Waals surface area (Å²) >= 11 is -2.14. The number of pyridine rings is 1. The third-order valence-corrected chi connectivity index (χ3v) is 5.63. The third kappa shape index (κ3) is 4.95. The zero-order valence-electron chi connectivity index (χ0n) is 18.8. The van der Waals surface area contributed by atoms with Gasteiger partial charge in [-0.1, -0.05) is 0 Å². The van der Waals surface area contributed by atoms with E-state index in [0.717, 1.165) is 28.0 Å². The van der Waals surface area contributed by atoms with Gasteiger partial charge in [0.1, 0.15) is 23.3 Å². The van der Waals surface area contributed by atoms with Crippen LogP contribution in [-0.2, 0) is 18.3 Å². The molecule has 3 N–H and O–H groups in total. The first-order valence-corrected chi connectivity index (χ1v) is 11.7. The minimum Gasteiger partial charge on any atom is -0.457 e. The minimum absolute atomic E-state index is 0.539. The van der Waals surface area contributed by atoms with Gasteiger partial charge in [0.25, 0.3) is 11.3 Å². The second-order valence-corrected chi connectivity index (χ2v) is 8.47. The molecule has 11 heteroatoms. The molecule has 2 aromatic carbocycles. The minimum atomic E-state index is -2.14. The van der Waals surface area contributed by atoms with Gasteiger partial charge in [0.15, 0.2) is 5.82 Å². The average molecular weight is 488 g/mol. The Morgan fingerprint density at radius 2 is 1.94 bits per heavy atom. The number of rotatable bonds is 7. The molecular weight excluding hydrogens is 466 g/mol. The van der Waals surface area contributed by atoms with E-state index in [9.17, 15) is 4.21 Å². The fraction of sp³-hybridized carbons (Fsp3) is 0.0833. The van der Waals surface area contributed by atoms with Gasteiger partial charge in [-0.2, -0.15) is 0 Å². The molecule has 0 amide bonds. The summed E-state index contributed by atoms with van der Waals surface area (Å²) in [7, 11) is 1.96. The van der Waals surface area contributed by atoms with Crippen LogP contribution in [0.1, 0.15) is 11.3 Å². The van der Waals surface area contributed by atoms with E-state index in [-0.39, 0.29) is 0 Å². The van der Waals surface area contributed by atoms with Gasteiger partial charge in [-0.15, -0.1) is 0 Å². The number of nitrogens with zero attached hydrogens (tertiary/aromatic N) is 5. The van der Waals surface area contributed by atoms with E-state index >= 15 is 0 Å². The van der Waals surface area contributed by atoms with Crippen LogP contribution in [0.15, 0.2) is 67.4 Å². The summed E-state index contributed by atoms with van der Waals surface area (Å²) in [6.45, 7) is 1.97. The summed E-state index contributed by atoms with van der Waals surface area (Å²) in [5.41, 5.74) is 5.49. The Morgan fingerprint density at radius 1 is 1.06 bits per heavy atom. The van der Waals surface area contributed by atoms with Crippen LogP contribution in [0.4, 0.5) is 11.5 Å². The molecule has 1 atom stereocenters. The fourth-order valence-corrected chi connectivity index (χ4v) is 3.79. The van der Waals surface area contributed by atoms with E-state index in [1.54, 1.807) is 18.5 Å². The topological polar surface area (TPSA) is 127 Å².